The number of hydrogen-bond donors (Lipinski definition) is 2. The van der Waals surface area contributed by atoms with Crippen LogP contribution in [-0.2, 0) is 17.8 Å². The lowest BCUT2D eigenvalue weighted by Gasteiger charge is -2.14. The smallest absolute Gasteiger partial charge is 0.237 e. The molecule has 3 N–H and O–H groups in total. The van der Waals surface area contributed by atoms with Crippen molar-refractivity contribution in [2.75, 3.05) is 14.2 Å². The maximum absolute atomic E-state index is 12.2. The van der Waals surface area contributed by atoms with Gasteiger partial charge >= 0.3 is 0 Å². The van der Waals surface area contributed by atoms with Crippen molar-refractivity contribution in [2.45, 2.75) is 19.0 Å². The summed E-state index contributed by atoms with van der Waals surface area (Å²) in [6.45, 7) is 0.335. The van der Waals surface area contributed by atoms with Gasteiger partial charge in [-0.15, -0.1) is 0 Å². The number of methoxy groups -OCH3 is 2. The first kappa shape index (κ1) is 16.8. The molecule has 1 amide bonds. The van der Waals surface area contributed by atoms with Crippen LogP contribution in [0, 0.1) is 0 Å². The summed E-state index contributed by atoms with van der Waals surface area (Å²) in [4.78, 5) is 12.2. The van der Waals surface area contributed by atoms with E-state index in [1.165, 1.54) is 0 Å². The van der Waals surface area contributed by atoms with E-state index in [0.717, 1.165) is 11.1 Å². The lowest BCUT2D eigenvalue weighted by Crippen LogP contribution is -2.41. The molecule has 0 unspecified atom stereocenters. The molecule has 2 aromatic rings. The fourth-order valence-electron chi connectivity index (χ4n) is 2.29. The Labute approximate surface area is 136 Å². The number of rotatable bonds is 7. The van der Waals surface area contributed by atoms with E-state index in [-0.39, 0.29) is 5.91 Å². The minimum Gasteiger partial charge on any atom is -0.497 e. The van der Waals surface area contributed by atoms with Crippen LogP contribution in [-0.4, -0.2) is 26.2 Å². The zero-order chi connectivity index (χ0) is 16.7. The van der Waals surface area contributed by atoms with Crippen LogP contribution in [0.2, 0.25) is 0 Å². The molecule has 0 spiro atoms. The van der Waals surface area contributed by atoms with Crippen molar-refractivity contribution in [2.24, 2.45) is 5.73 Å². The predicted molar refractivity (Wildman–Crippen MR) is 89.5 cm³/mol. The van der Waals surface area contributed by atoms with E-state index >= 15 is 0 Å². The number of nitrogens with one attached hydrogen (secondary N) is 1. The summed E-state index contributed by atoms with van der Waals surface area (Å²) in [5.74, 6) is 1.21. The second kappa shape index (κ2) is 8.19. The van der Waals surface area contributed by atoms with Gasteiger partial charge in [-0.1, -0.05) is 30.3 Å². The van der Waals surface area contributed by atoms with Crippen molar-refractivity contribution in [1.82, 2.24) is 5.32 Å². The monoisotopic (exact) mass is 314 g/mol. The van der Waals surface area contributed by atoms with Crippen molar-refractivity contribution in [3.63, 3.8) is 0 Å². The van der Waals surface area contributed by atoms with E-state index < -0.39 is 6.04 Å². The molecule has 2 aromatic carbocycles. The molecule has 1 atom stereocenters. The van der Waals surface area contributed by atoms with Gasteiger partial charge < -0.3 is 20.5 Å². The van der Waals surface area contributed by atoms with E-state index in [1.807, 2.05) is 48.5 Å². The number of benzene rings is 2. The summed E-state index contributed by atoms with van der Waals surface area (Å²) in [5.41, 5.74) is 7.85. The van der Waals surface area contributed by atoms with Crippen LogP contribution in [0.4, 0.5) is 0 Å². The van der Waals surface area contributed by atoms with Gasteiger partial charge in [0.05, 0.1) is 20.3 Å². The summed E-state index contributed by atoms with van der Waals surface area (Å²) in [6, 6.07) is 14.6. The van der Waals surface area contributed by atoms with E-state index in [2.05, 4.69) is 5.32 Å². The van der Waals surface area contributed by atoms with Crippen LogP contribution in [0.25, 0.3) is 0 Å². The third-order valence-electron chi connectivity index (χ3n) is 3.58. The number of hydrogen-bond acceptors (Lipinski definition) is 4. The zero-order valence-corrected chi connectivity index (χ0v) is 13.4. The highest BCUT2D eigenvalue weighted by atomic mass is 16.5. The number of nitrogens with two attached hydrogens (primary N) is 1. The molecule has 23 heavy (non-hydrogen) atoms. The van der Waals surface area contributed by atoms with Crippen LogP contribution < -0.4 is 20.5 Å². The average Bonchev–Trinajstić information content (AvgIpc) is 2.60. The second-order valence-electron chi connectivity index (χ2n) is 5.19. The Morgan fingerprint density at radius 1 is 1.13 bits per heavy atom. The summed E-state index contributed by atoms with van der Waals surface area (Å²) in [7, 11) is 3.19. The van der Waals surface area contributed by atoms with Gasteiger partial charge in [0.2, 0.25) is 5.91 Å². The van der Waals surface area contributed by atoms with Gasteiger partial charge in [0, 0.05) is 12.1 Å². The number of carbonyl (C=O) groups excluding carboxylic acids is 1. The normalized spacial score (nSPS) is 11.6. The van der Waals surface area contributed by atoms with Crippen molar-refractivity contribution >= 4 is 5.91 Å². The molecule has 0 bridgehead atoms. The highest BCUT2D eigenvalue weighted by molar-refractivity contribution is 5.81. The molecular weight excluding hydrogens is 292 g/mol. The topological polar surface area (TPSA) is 73.6 Å². The molecule has 2 rings (SSSR count). The molecular formula is C18H22N2O3. The van der Waals surface area contributed by atoms with E-state index in [9.17, 15) is 4.79 Å². The first-order chi connectivity index (χ1) is 11.1. The number of carbonyl (C=O) groups is 1. The molecule has 0 aliphatic rings. The van der Waals surface area contributed by atoms with Gasteiger partial charge in [0.1, 0.15) is 11.5 Å². The van der Waals surface area contributed by atoms with Crippen LogP contribution in [0.3, 0.4) is 0 Å². The lowest BCUT2D eigenvalue weighted by molar-refractivity contribution is -0.122. The highest BCUT2D eigenvalue weighted by Gasteiger charge is 2.14. The molecule has 5 heteroatoms. The Bertz CT molecular complexity index is 644. The summed E-state index contributed by atoms with van der Waals surface area (Å²) in [5, 5.41) is 2.85. The minimum absolute atomic E-state index is 0.196. The van der Waals surface area contributed by atoms with Gasteiger partial charge in [-0.3, -0.25) is 4.79 Å². The average molecular weight is 314 g/mol. The van der Waals surface area contributed by atoms with Crippen molar-refractivity contribution in [3.8, 4) is 11.5 Å². The molecule has 0 fully saturated rings. The van der Waals surface area contributed by atoms with Gasteiger partial charge in [0.15, 0.2) is 0 Å². The Morgan fingerprint density at radius 2 is 1.87 bits per heavy atom. The quantitative estimate of drug-likeness (QED) is 0.818. The second-order valence-corrected chi connectivity index (χ2v) is 5.19. The number of amides is 1. The molecule has 0 aliphatic carbocycles. The molecule has 122 valence electrons. The Morgan fingerprint density at radius 3 is 2.52 bits per heavy atom. The molecule has 0 aliphatic heterocycles. The van der Waals surface area contributed by atoms with E-state index in [4.69, 9.17) is 15.2 Å². The summed E-state index contributed by atoms with van der Waals surface area (Å²) >= 11 is 0. The molecule has 0 saturated carbocycles. The van der Waals surface area contributed by atoms with Gasteiger partial charge in [-0.05, 0) is 30.2 Å². The van der Waals surface area contributed by atoms with Crippen LogP contribution in [0.15, 0.2) is 48.5 Å². The van der Waals surface area contributed by atoms with Crippen LogP contribution in [0.1, 0.15) is 11.1 Å². The molecule has 5 nitrogen and oxygen atoms in total. The maximum atomic E-state index is 12.2. The highest BCUT2D eigenvalue weighted by Crippen LogP contribution is 2.23. The summed E-state index contributed by atoms with van der Waals surface area (Å²) in [6.07, 6.45) is 0.502. The molecule has 0 radical (unpaired) electrons. The first-order valence-electron chi connectivity index (χ1n) is 7.42. The van der Waals surface area contributed by atoms with Crippen molar-refractivity contribution in [3.05, 3.63) is 59.7 Å². The van der Waals surface area contributed by atoms with Gasteiger partial charge in [-0.25, -0.2) is 0 Å². The minimum atomic E-state index is -0.589. The van der Waals surface area contributed by atoms with E-state index in [0.29, 0.717) is 24.5 Å². The van der Waals surface area contributed by atoms with Gasteiger partial charge in [-0.2, -0.15) is 0 Å². The standard InChI is InChI=1S/C18H22N2O3/c1-22-15-8-9-17(23-2)14(11-15)12-20-18(21)16(19)10-13-6-4-3-5-7-13/h3-9,11,16H,10,12,19H2,1-2H3,(H,20,21)/t16-/m0/s1. The number of ether oxygens (including phenoxy) is 2. The fourth-order valence-corrected chi connectivity index (χ4v) is 2.29. The largest absolute Gasteiger partial charge is 0.497 e. The van der Waals surface area contributed by atoms with E-state index in [1.54, 1.807) is 14.2 Å². The SMILES string of the molecule is COc1ccc(OC)c(CNC(=O)[C@@H](N)Cc2ccccc2)c1. The molecule has 0 aromatic heterocycles. The fraction of sp³-hybridized carbons (Fsp3) is 0.278. The Balaban J connectivity index is 1.96. The first-order valence-corrected chi connectivity index (χ1v) is 7.42. The lowest BCUT2D eigenvalue weighted by atomic mass is 10.1. The third-order valence-corrected chi connectivity index (χ3v) is 3.58. The molecule has 0 saturated heterocycles. The zero-order valence-electron chi connectivity index (χ0n) is 13.4. The third kappa shape index (κ3) is 4.72. The maximum Gasteiger partial charge on any atom is 0.237 e. The van der Waals surface area contributed by atoms with Crippen molar-refractivity contribution < 1.29 is 14.3 Å². The van der Waals surface area contributed by atoms with Crippen molar-refractivity contribution in [1.29, 1.82) is 0 Å². The van der Waals surface area contributed by atoms with Crippen LogP contribution >= 0.6 is 0 Å². The predicted octanol–water partition coefficient (Wildman–Crippen LogP) is 1.89. The Hall–Kier alpha value is -2.53. The van der Waals surface area contributed by atoms with Crippen LogP contribution in [0.5, 0.6) is 11.5 Å². The van der Waals surface area contributed by atoms with Gasteiger partial charge in [0.25, 0.3) is 0 Å². The molecule has 0 heterocycles. The summed E-state index contributed by atoms with van der Waals surface area (Å²) < 4.78 is 10.5. The Kier molecular flexibility index (Phi) is 6.00.